The second-order valence-electron chi connectivity index (χ2n) is 5.82. The molecule has 154 valence electrons. The molecule has 1 N–H and O–H groups in total. The van der Waals surface area contributed by atoms with E-state index >= 15 is 0 Å². The number of allylic oxidation sites excluding steroid dienone is 1. The number of alkyl halides is 3. The third-order valence-corrected chi connectivity index (χ3v) is 4.88. The molecule has 0 aliphatic carbocycles. The molecule has 0 heterocycles. The highest BCUT2D eigenvalue weighted by Crippen LogP contribution is 2.34. The van der Waals surface area contributed by atoms with E-state index in [4.69, 9.17) is 11.6 Å². The zero-order chi connectivity index (χ0) is 21.4. The summed E-state index contributed by atoms with van der Waals surface area (Å²) in [6.07, 6.45) is -4.19. The number of rotatable bonds is 7. The first-order chi connectivity index (χ1) is 13.7. The number of carbonyl (C=O) groups excluding carboxylic acids is 2. The maximum absolute atomic E-state index is 13.4. The lowest BCUT2D eigenvalue weighted by atomic mass is 10.0. The van der Waals surface area contributed by atoms with Gasteiger partial charge in [0.05, 0.1) is 18.4 Å². The highest BCUT2D eigenvalue weighted by Gasteiger charge is 2.35. The first-order valence-electron chi connectivity index (χ1n) is 8.28. The van der Waals surface area contributed by atoms with Crippen molar-refractivity contribution in [2.45, 2.75) is 11.9 Å². The number of ether oxygens (including phenoxy) is 1. The number of hydrogen-bond acceptors (Lipinski definition) is 4. The lowest BCUT2D eigenvalue weighted by molar-refractivity contribution is -0.137. The fourth-order valence-electron chi connectivity index (χ4n) is 2.32. The molecule has 0 bridgehead atoms. The first kappa shape index (κ1) is 22.8. The van der Waals surface area contributed by atoms with Crippen LogP contribution in [0, 0.1) is 0 Å². The van der Waals surface area contributed by atoms with Crippen molar-refractivity contribution in [1.29, 1.82) is 0 Å². The zero-order valence-electron chi connectivity index (χ0n) is 15.3. The summed E-state index contributed by atoms with van der Waals surface area (Å²) in [5.41, 5.74) is -0.0871. The van der Waals surface area contributed by atoms with Crippen molar-refractivity contribution in [2.24, 2.45) is 0 Å². The van der Waals surface area contributed by atoms with Crippen LogP contribution >= 0.6 is 23.4 Å². The Morgan fingerprint density at radius 1 is 1.17 bits per heavy atom. The van der Waals surface area contributed by atoms with E-state index in [1.165, 1.54) is 43.1 Å². The van der Waals surface area contributed by atoms with E-state index < -0.39 is 17.7 Å². The molecule has 0 unspecified atom stereocenters. The molecule has 0 saturated carbocycles. The summed E-state index contributed by atoms with van der Waals surface area (Å²) in [4.78, 5) is 23.3. The highest BCUT2D eigenvalue weighted by atomic mass is 35.5. The number of methoxy groups -OCH3 is 1. The molecule has 0 radical (unpaired) electrons. The van der Waals surface area contributed by atoms with Crippen molar-refractivity contribution in [3.8, 4) is 0 Å². The molecule has 0 fully saturated rings. The summed E-state index contributed by atoms with van der Waals surface area (Å²) < 4.78 is 44.7. The summed E-state index contributed by atoms with van der Waals surface area (Å²) >= 11 is 7.03. The summed E-state index contributed by atoms with van der Waals surface area (Å²) in [6.45, 7) is 0. The van der Waals surface area contributed by atoms with Gasteiger partial charge in [-0.15, -0.1) is 11.8 Å². The Labute approximate surface area is 175 Å². The molecule has 0 atom stereocenters. The van der Waals surface area contributed by atoms with E-state index in [1.54, 1.807) is 24.3 Å². The Hall–Kier alpha value is -2.45. The van der Waals surface area contributed by atoms with Crippen LogP contribution in [0.15, 0.2) is 54.6 Å². The molecule has 2 aromatic rings. The van der Waals surface area contributed by atoms with E-state index in [9.17, 15) is 22.8 Å². The van der Waals surface area contributed by atoms with Crippen LogP contribution in [0.4, 0.5) is 18.9 Å². The molecule has 2 rings (SSSR count). The van der Waals surface area contributed by atoms with Gasteiger partial charge in [-0.05, 0) is 35.4 Å². The predicted molar refractivity (Wildman–Crippen MR) is 109 cm³/mol. The molecule has 0 aliphatic heterocycles. The second kappa shape index (κ2) is 10.4. The number of halogens is 4. The minimum atomic E-state index is -4.71. The van der Waals surface area contributed by atoms with Crippen LogP contribution in [0.3, 0.4) is 0 Å². The van der Waals surface area contributed by atoms with Gasteiger partial charge in [-0.25, -0.2) is 0 Å². The van der Waals surface area contributed by atoms with E-state index in [2.05, 4.69) is 10.1 Å². The first-order valence-corrected chi connectivity index (χ1v) is 9.81. The van der Waals surface area contributed by atoms with Gasteiger partial charge in [-0.2, -0.15) is 13.2 Å². The lowest BCUT2D eigenvalue weighted by Crippen LogP contribution is -2.16. The molecule has 1 amide bonds. The van der Waals surface area contributed by atoms with Crippen LogP contribution in [0.1, 0.15) is 11.1 Å². The van der Waals surface area contributed by atoms with Crippen molar-refractivity contribution >= 4 is 46.5 Å². The van der Waals surface area contributed by atoms with Gasteiger partial charge >= 0.3 is 12.1 Å². The average Bonchev–Trinajstić information content (AvgIpc) is 2.66. The van der Waals surface area contributed by atoms with Gasteiger partial charge in [0.15, 0.2) is 0 Å². The summed E-state index contributed by atoms with van der Waals surface area (Å²) in [5, 5.41) is 2.73. The quantitative estimate of drug-likeness (QED) is 0.464. The number of esters is 1. The normalized spacial score (nSPS) is 11.8. The zero-order valence-corrected chi connectivity index (χ0v) is 16.8. The minimum absolute atomic E-state index is 0.162. The van der Waals surface area contributed by atoms with Crippen molar-refractivity contribution in [2.75, 3.05) is 18.2 Å². The monoisotopic (exact) mass is 443 g/mol. The summed E-state index contributed by atoms with van der Waals surface area (Å²) in [6, 6.07) is 11.7. The van der Waals surface area contributed by atoms with E-state index in [0.717, 1.165) is 5.56 Å². The number of carbonyl (C=O) groups is 2. The minimum Gasteiger partial charge on any atom is -0.468 e. The summed E-state index contributed by atoms with van der Waals surface area (Å²) in [5.74, 6) is -0.614. The van der Waals surface area contributed by atoms with E-state index in [0.29, 0.717) is 22.5 Å². The van der Waals surface area contributed by atoms with Gasteiger partial charge in [0.25, 0.3) is 0 Å². The van der Waals surface area contributed by atoms with Gasteiger partial charge in [0.2, 0.25) is 5.91 Å². The van der Waals surface area contributed by atoms with E-state index in [-0.39, 0.29) is 17.3 Å². The number of thioether (sulfide) groups is 1. The standard InChI is InChI=1S/C20H17ClF3NO3S/c1-28-19(27)12-29-11-13-3-2-4-16(9-13)25-18(26)10-17(20(22,23)24)14-5-7-15(21)8-6-14/h2-10H,11-12H2,1H3,(H,25,26)/b17-10-. The van der Waals surface area contributed by atoms with Crippen molar-refractivity contribution in [1.82, 2.24) is 0 Å². The number of nitrogens with one attached hydrogen (secondary N) is 1. The Balaban J connectivity index is 2.12. The topological polar surface area (TPSA) is 55.4 Å². The van der Waals surface area contributed by atoms with Gasteiger partial charge in [-0.1, -0.05) is 35.9 Å². The number of amides is 1. The molecule has 0 aromatic heterocycles. The summed E-state index contributed by atoms with van der Waals surface area (Å²) in [7, 11) is 1.30. The number of hydrogen-bond donors (Lipinski definition) is 1. The third-order valence-electron chi connectivity index (χ3n) is 3.65. The van der Waals surface area contributed by atoms with E-state index in [1.807, 2.05) is 0 Å². The van der Waals surface area contributed by atoms with Crippen LogP contribution in [-0.4, -0.2) is 30.9 Å². The maximum atomic E-state index is 13.4. The van der Waals surface area contributed by atoms with Gasteiger partial charge in [0, 0.05) is 22.5 Å². The molecular weight excluding hydrogens is 427 g/mol. The molecule has 0 aliphatic rings. The van der Waals surface area contributed by atoms with Crippen molar-refractivity contribution in [3.63, 3.8) is 0 Å². The smallest absolute Gasteiger partial charge is 0.417 e. The van der Waals surface area contributed by atoms with Crippen molar-refractivity contribution in [3.05, 3.63) is 70.8 Å². The molecule has 9 heteroatoms. The largest absolute Gasteiger partial charge is 0.468 e. The molecule has 2 aromatic carbocycles. The number of anilines is 1. The van der Waals surface area contributed by atoms with Crippen LogP contribution in [0.25, 0.3) is 5.57 Å². The van der Waals surface area contributed by atoms with Gasteiger partial charge in [0.1, 0.15) is 0 Å². The number of benzene rings is 2. The Morgan fingerprint density at radius 2 is 1.86 bits per heavy atom. The molecule has 29 heavy (non-hydrogen) atoms. The third kappa shape index (κ3) is 7.47. The SMILES string of the molecule is COC(=O)CSCc1cccc(NC(=O)/C=C(/c2ccc(Cl)cc2)C(F)(F)F)c1. The molecular formula is C20H17ClF3NO3S. The highest BCUT2D eigenvalue weighted by molar-refractivity contribution is 7.99. The lowest BCUT2D eigenvalue weighted by Gasteiger charge is -2.12. The molecule has 4 nitrogen and oxygen atoms in total. The Morgan fingerprint density at radius 3 is 2.48 bits per heavy atom. The predicted octanol–water partition coefficient (Wildman–Crippen LogP) is 5.33. The van der Waals surface area contributed by atoms with Crippen LogP contribution in [0.2, 0.25) is 5.02 Å². The van der Waals surface area contributed by atoms with Crippen LogP contribution in [0.5, 0.6) is 0 Å². The fraction of sp³-hybridized carbons (Fsp3) is 0.200. The van der Waals surface area contributed by atoms with Crippen molar-refractivity contribution < 1.29 is 27.5 Å². The molecule has 0 saturated heterocycles. The maximum Gasteiger partial charge on any atom is 0.417 e. The molecule has 0 spiro atoms. The Bertz CT molecular complexity index is 899. The average molecular weight is 444 g/mol. The Kier molecular flexibility index (Phi) is 8.16. The van der Waals surface area contributed by atoms with Crippen LogP contribution in [-0.2, 0) is 20.1 Å². The van der Waals surface area contributed by atoms with Gasteiger partial charge < -0.3 is 10.1 Å². The second-order valence-corrected chi connectivity index (χ2v) is 7.24. The fourth-order valence-corrected chi connectivity index (χ4v) is 3.25. The van der Waals surface area contributed by atoms with Gasteiger partial charge in [-0.3, -0.25) is 9.59 Å². The van der Waals surface area contributed by atoms with Crippen LogP contribution < -0.4 is 5.32 Å².